The summed E-state index contributed by atoms with van der Waals surface area (Å²) in [4.78, 5) is 15.3. The molecule has 3 aromatic carbocycles. The first-order valence-corrected chi connectivity index (χ1v) is 9.50. The van der Waals surface area contributed by atoms with Gasteiger partial charge in [-0.15, -0.1) is 0 Å². The minimum Gasteiger partial charge on any atom is -0.491 e. The SMILES string of the molecule is O=C1N(Cc2cc(F)ccc2F)c2ccccc2C12COc1cc3c(cc12)OCO3. The summed E-state index contributed by atoms with van der Waals surface area (Å²) in [5.74, 6) is 0.324. The van der Waals surface area contributed by atoms with Gasteiger partial charge in [-0.3, -0.25) is 4.79 Å². The Bertz CT molecular complexity index is 1230. The van der Waals surface area contributed by atoms with Gasteiger partial charge in [-0.05, 0) is 35.9 Å². The second-order valence-electron chi connectivity index (χ2n) is 7.54. The van der Waals surface area contributed by atoms with Gasteiger partial charge < -0.3 is 19.1 Å². The lowest BCUT2D eigenvalue weighted by molar-refractivity contribution is -0.122. The van der Waals surface area contributed by atoms with Gasteiger partial charge in [-0.2, -0.15) is 0 Å². The monoisotopic (exact) mass is 407 g/mol. The van der Waals surface area contributed by atoms with Crippen LogP contribution in [0.25, 0.3) is 0 Å². The Hall–Kier alpha value is -3.61. The molecule has 0 N–H and O–H groups in total. The van der Waals surface area contributed by atoms with Gasteiger partial charge in [-0.25, -0.2) is 8.78 Å². The number of benzene rings is 3. The smallest absolute Gasteiger partial charge is 0.246 e. The molecule has 0 saturated heterocycles. The molecule has 0 aliphatic carbocycles. The van der Waals surface area contributed by atoms with Crippen molar-refractivity contribution in [3.8, 4) is 17.2 Å². The zero-order chi connectivity index (χ0) is 20.5. The van der Waals surface area contributed by atoms with Crippen LogP contribution in [-0.2, 0) is 16.8 Å². The Kier molecular flexibility index (Phi) is 3.42. The molecule has 1 spiro atoms. The van der Waals surface area contributed by atoms with Gasteiger partial charge in [0, 0.05) is 22.9 Å². The van der Waals surface area contributed by atoms with E-state index in [1.165, 1.54) is 4.90 Å². The molecule has 0 bridgehead atoms. The standard InChI is InChI=1S/C23H15F2NO4/c24-14-5-6-17(25)13(7-14)10-26-18-4-2-1-3-15(18)23(22(26)27)11-28-19-9-21-20(8-16(19)23)29-12-30-21/h1-9H,10-12H2. The second kappa shape index (κ2) is 5.95. The summed E-state index contributed by atoms with van der Waals surface area (Å²) < 4.78 is 44.9. The fraction of sp³-hybridized carbons (Fsp3) is 0.174. The number of hydrogen-bond donors (Lipinski definition) is 0. The van der Waals surface area contributed by atoms with Gasteiger partial charge in [0.25, 0.3) is 0 Å². The van der Waals surface area contributed by atoms with E-state index in [4.69, 9.17) is 14.2 Å². The van der Waals surface area contributed by atoms with E-state index in [0.717, 1.165) is 23.8 Å². The Balaban J connectivity index is 1.50. The van der Waals surface area contributed by atoms with E-state index in [2.05, 4.69) is 0 Å². The van der Waals surface area contributed by atoms with Crippen molar-refractivity contribution in [2.45, 2.75) is 12.0 Å². The van der Waals surface area contributed by atoms with Crippen LogP contribution in [0.3, 0.4) is 0 Å². The molecule has 1 unspecified atom stereocenters. The lowest BCUT2D eigenvalue weighted by atomic mass is 9.77. The molecule has 0 fully saturated rings. The lowest BCUT2D eigenvalue weighted by Gasteiger charge is -2.23. The quantitative estimate of drug-likeness (QED) is 0.646. The average molecular weight is 407 g/mol. The van der Waals surface area contributed by atoms with E-state index in [1.807, 2.05) is 24.3 Å². The maximum absolute atomic E-state index is 14.3. The molecule has 5 nitrogen and oxygen atoms in total. The number of carbonyl (C=O) groups is 1. The van der Waals surface area contributed by atoms with Crippen LogP contribution >= 0.6 is 0 Å². The summed E-state index contributed by atoms with van der Waals surface area (Å²) in [5.41, 5.74) is 1.15. The van der Waals surface area contributed by atoms with Crippen molar-refractivity contribution in [2.24, 2.45) is 0 Å². The van der Waals surface area contributed by atoms with Crippen LogP contribution in [0.15, 0.2) is 54.6 Å². The van der Waals surface area contributed by atoms with Crippen LogP contribution in [0.2, 0.25) is 0 Å². The maximum atomic E-state index is 14.3. The molecule has 150 valence electrons. The van der Waals surface area contributed by atoms with Crippen LogP contribution in [0.5, 0.6) is 17.2 Å². The van der Waals surface area contributed by atoms with Crippen molar-refractivity contribution in [3.63, 3.8) is 0 Å². The van der Waals surface area contributed by atoms with Crippen LogP contribution in [0.4, 0.5) is 14.5 Å². The first-order chi connectivity index (χ1) is 14.6. The number of para-hydroxylation sites is 1. The summed E-state index contributed by atoms with van der Waals surface area (Å²) in [5, 5.41) is 0. The fourth-order valence-electron chi connectivity index (χ4n) is 4.56. The molecule has 0 saturated carbocycles. The predicted octanol–water partition coefficient (Wildman–Crippen LogP) is 3.92. The highest BCUT2D eigenvalue weighted by Gasteiger charge is 2.57. The van der Waals surface area contributed by atoms with Crippen molar-refractivity contribution in [1.29, 1.82) is 0 Å². The number of halogens is 2. The van der Waals surface area contributed by atoms with E-state index in [0.29, 0.717) is 28.5 Å². The predicted molar refractivity (Wildman–Crippen MR) is 103 cm³/mol. The molecule has 7 heteroatoms. The average Bonchev–Trinajstić information content (AvgIpc) is 3.42. The number of amides is 1. The zero-order valence-corrected chi connectivity index (χ0v) is 15.7. The number of fused-ring (bicyclic) bond motifs is 5. The summed E-state index contributed by atoms with van der Waals surface area (Å²) in [6.45, 7) is 0.144. The summed E-state index contributed by atoms with van der Waals surface area (Å²) in [7, 11) is 0. The van der Waals surface area contributed by atoms with Gasteiger partial charge in [0.05, 0.1) is 6.54 Å². The van der Waals surface area contributed by atoms with E-state index in [1.54, 1.807) is 12.1 Å². The Morgan fingerprint density at radius 2 is 1.70 bits per heavy atom. The minimum absolute atomic E-state index is 0.0823. The molecular formula is C23H15F2NO4. The molecule has 3 heterocycles. The van der Waals surface area contributed by atoms with E-state index < -0.39 is 17.0 Å². The number of hydrogen-bond acceptors (Lipinski definition) is 4. The Morgan fingerprint density at radius 1 is 0.900 bits per heavy atom. The van der Waals surface area contributed by atoms with Gasteiger partial charge >= 0.3 is 0 Å². The Morgan fingerprint density at radius 3 is 2.57 bits per heavy atom. The molecule has 3 aliphatic heterocycles. The molecule has 1 atom stereocenters. The number of carbonyl (C=O) groups excluding carboxylic acids is 1. The van der Waals surface area contributed by atoms with Gasteiger partial charge in [0.15, 0.2) is 11.5 Å². The maximum Gasteiger partial charge on any atom is 0.246 e. The molecule has 0 aromatic heterocycles. The highest BCUT2D eigenvalue weighted by Crippen LogP contribution is 2.55. The number of anilines is 1. The molecule has 30 heavy (non-hydrogen) atoms. The van der Waals surface area contributed by atoms with Crippen molar-refractivity contribution in [3.05, 3.63) is 82.9 Å². The topological polar surface area (TPSA) is 48.0 Å². The van der Waals surface area contributed by atoms with Crippen LogP contribution in [0.1, 0.15) is 16.7 Å². The summed E-state index contributed by atoms with van der Waals surface area (Å²) in [6, 6.07) is 14.1. The lowest BCUT2D eigenvalue weighted by Crippen LogP contribution is -2.42. The fourth-order valence-corrected chi connectivity index (χ4v) is 4.56. The number of rotatable bonds is 2. The van der Waals surface area contributed by atoms with Crippen LogP contribution in [-0.4, -0.2) is 19.3 Å². The first kappa shape index (κ1) is 17.3. The number of ether oxygens (including phenoxy) is 3. The van der Waals surface area contributed by atoms with Gasteiger partial charge in [0.1, 0.15) is 29.4 Å². The summed E-state index contributed by atoms with van der Waals surface area (Å²) >= 11 is 0. The normalized spacial score (nSPS) is 20.5. The first-order valence-electron chi connectivity index (χ1n) is 9.50. The molecule has 6 rings (SSSR count). The third-order valence-electron chi connectivity index (χ3n) is 5.98. The van der Waals surface area contributed by atoms with Gasteiger partial charge in [0.2, 0.25) is 12.7 Å². The van der Waals surface area contributed by atoms with Crippen LogP contribution < -0.4 is 19.1 Å². The molecule has 1 amide bonds. The van der Waals surface area contributed by atoms with Crippen molar-refractivity contribution < 1.29 is 27.8 Å². The van der Waals surface area contributed by atoms with Crippen molar-refractivity contribution >= 4 is 11.6 Å². The van der Waals surface area contributed by atoms with Crippen LogP contribution in [0, 0.1) is 11.6 Å². The summed E-state index contributed by atoms with van der Waals surface area (Å²) in [6.07, 6.45) is 0. The third-order valence-corrected chi connectivity index (χ3v) is 5.98. The largest absolute Gasteiger partial charge is 0.491 e. The molecule has 3 aliphatic rings. The van der Waals surface area contributed by atoms with E-state index >= 15 is 0 Å². The Labute approximate surface area is 170 Å². The van der Waals surface area contributed by atoms with Gasteiger partial charge in [-0.1, -0.05) is 18.2 Å². The van der Waals surface area contributed by atoms with Crippen molar-refractivity contribution in [1.82, 2.24) is 0 Å². The van der Waals surface area contributed by atoms with Crippen molar-refractivity contribution in [2.75, 3.05) is 18.3 Å². The molecule has 3 aromatic rings. The molecular weight excluding hydrogens is 392 g/mol. The highest BCUT2D eigenvalue weighted by atomic mass is 19.1. The number of nitrogens with zero attached hydrogens (tertiary/aromatic N) is 1. The highest BCUT2D eigenvalue weighted by molar-refractivity contribution is 6.11. The minimum atomic E-state index is -1.07. The zero-order valence-electron chi connectivity index (χ0n) is 15.7. The second-order valence-corrected chi connectivity index (χ2v) is 7.54. The molecule has 0 radical (unpaired) electrons. The third kappa shape index (κ3) is 2.17. The van der Waals surface area contributed by atoms with E-state index in [9.17, 15) is 13.6 Å². The van der Waals surface area contributed by atoms with E-state index in [-0.39, 0.29) is 31.4 Å².